The molecule has 1 amide bonds. The Hall–Kier alpha value is -2.48. The van der Waals surface area contributed by atoms with Crippen LogP contribution in [-0.4, -0.2) is 74.1 Å². The highest BCUT2D eigenvalue weighted by Crippen LogP contribution is 2.36. The van der Waals surface area contributed by atoms with E-state index < -0.39 is 5.97 Å². The summed E-state index contributed by atoms with van der Waals surface area (Å²) in [7, 11) is 1.59. The summed E-state index contributed by atoms with van der Waals surface area (Å²) in [6.45, 7) is 3.53. The molecule has 0 bridgehead atoms. The third-order valence-electron chi connectivity index (χ3n) is 6.50. The van der Waals surface area contributed by atoms with Gasteiger partial charge in [0.25, 0.3) is 5.91 Å². The van der Waals surface area contributed by atoms with E-state index in [1.54, 1.807) is 11.8 Å². The lowest BCUT2D eigenvalue weighted by molar-refractivity contribution is 0.0540. The van der Waals surface area contributed by atoms with Gasteiger partial charge in [-0.3, -0.25) is 4.79 Å². The molecule has 14 heteroatoms. The minimum atomic E-state index is -1.05. The maximum Gasteiger partial charge on any atom is 0.348 e. The first-order valence-corrected chi connectivity index (χ1v) is 13.5. The van der Waals surface area contributed by atoms with Gasteiger partial charge in [-0.1, -0.05) is 22.9 Å². The molecule has 0 aromatic carbocycles. The lowest BCUT2D eigenvalue weighted by Gasteiger charge is -2.37. The van der Waals surface area contributed by atoms with E-state index in [4.69, 9.17) is 16.3 Å². The van der Waals surface area contributed by atoms with E-state index in [1.165, 1.54) is 6.33 Å². The number of hydrogen-bond donors (Lipinski definition) is 3. The lowest BCUT2D eigenvalue weighted by atomic mass is 10.0. The number of carboxylic acid groups (broad SMARTS) is 1. The van der Waals surface area contributed by atoms with Crippen molar-refractivity contribution in [1.29, 1.82) is 0 Å². The van der Waals surface area contributed by atoms with Crippen LogP contribution in [0.5, 0.6) is 0 Å². The molecule has 5 rings (SSSR count). The molecule has 0 radical (unpaired) electrons. The van der Waals surface area contributed by atoms with Gasteiger partial charge in [0, 0.05) is 32.4 Å². The van der Waals surface area contributed by atoms with Gasteiger partial charge in [-0.2, -0.15) is 5.10 Å². The lowest BCUT2D eigenvalue weighted by Crippen LogP contribution is -2.55. The molecule has 2 atom stereocenters. The number of amides is 1. The van der Waals surface area contributed by atoms with E-state index >= 15 is 0 Å². The number of methoxy groups -OCH3 is 1. The highest BCUT2D eigenvalue weighted by Gasteiger charge is 2.34. The molecule has 1 saturated heterocycles. The van der Waals surface area contributed by atoms with Gasteiger partial charge in [0.1, 0.15) is 22.6 Å². The first-order valence-electron chi connectivity index (χ1n) is 11.5. The monoisotopic (exact) mass is 597 g/mol. The summed E-state index contributed by atoms with van der Waals surface area (Å²) < 4.78 is 8.11. The van der Waals surface area contributed by atoms with Crippen molar-refractivity contribution < 1.29 is 19.4 Å². The Bertz CT molecular complexity index is 1300. The Kier molecular flexibility index (Phi) is 7.07. The van der Waals surface area contributed by atoms with Crippen LogP contribution in [0.1, 0.15) is 45.1 Å². The van der Waals surface area contributed by atoms with Crippen LogP contribution in [0, 0.1) is 12.8 Å². The molecular formula is C22H25BrClN7O4S. The van der Waals surface area contributed by atoms with Gasteiger partial charge < -0.3 is 25.0 Å². The van der Waals surface area contributed by atoms with Crippen molar-refractivity contribution in [3.05, 3.63) is 32.1 Å². The van der Waals surface area contributed by atoms with E-state index in [0.29, 0.717) is 63.8 Å². The molecule has 0 spiro atoms. The number of nitrogens with one attached hydrogen (secondary N) is 2. The number of aromatic amines is 1. The fourth-order valence-corrected chi connectivity index (χ4v) is 5.84. The zero-order valence-corrected chi connectivity index (χ0v) is 22.8. The molecule has 11 nitrogen and oxygen atoms in total. The number of carbonyl (C=O) groups excluding carboxylic acids is 1. The first-order chi connectivity index (χ1) is 17.3. The van der Waals surface area contributed by atoms with Crippen LogP contribution in [0.15, 0.2) is 10.8 Å². The smallest absolute Gasteiger partial charge is 0.348 e. The standard InChI is InChI=1S/C22H25BrClN7O4S/c1-10-14(23)15(24)16(27-10)20(32)28-12-5-6-30(8-13(12)35-2)22-29-17(18(36-22)21(33)34)19-25-9-26-31(19)7-11-3-4-11/h9,11-13,27H,3-8H2,1-2H3,(H,28,32)(H,33,34). The maximum absolute atomic E-state index is 12.9. The molecule has 36 heavy (non-hydrogen) atoms. The summed E-state index contributed by atoms with van der Waals surface area (Å²) >= 11 is 10.8. The summed E-state index contributed by atoms with van der Waals surface area (Å²) in [5.74, 6) is -0.339. The summed E-state index contributed by atoms with van der Waals surface area (Å²) in [4.78, 5) is 39.0. The number of anilines is 1. The minimum Gasteiger partial charge on any atom is -0.477 e. The SMILES string of the molecule is COC1CN(c2nc(-c3ncnn3CC3CC3)c(C(=O)O)s2)CCC1NC(=O)c1[nH]c(C)c(Br)c1Cl. The van der Waals surface area contributed by atoms with Crippen molar-refractivity contribution in [3.8, 4) is 11.5 Å². The second kappa shape index (κ2) is 10.1. The van der Waals surface area contributed by atoms with E-state index in [1.807, 2.05) is 11.8 Å². The van der Waals surface area contributed by atoms with E-state index in [2.05, 4.69) is 41.3 Å². The number of hydrogen-bond acceptors (Lipinski definition) is 8. The van der Waals surface area contributed by atoms with Crippen LogP contribution >= 0.6 is 38.9 Å². The predicted molar refractivity (Wildman–Crippen MR) is 138 cm³/mol. The fraction of sp³-hybridized carbons (Fsp3) is 0.500. The zero-order valence-electron chi connectivity index (χ0n) is 19.6. The third-order valence-corrected chi connectivity index (χ3v) is 9.20. The molecule has 2 fully saturated rings. The molecule has 3 aromatic rings. The molecule has 1 aliphatic carbocycles. The molecule has 3 aromatic heterocycles. The molecular weight excluding hydrogens is 574 g/mol. The quantitative estimate of drug-likeness (QED) is 0.358. The molecule has 2 unspecified atom stereocenters. The van der Waals surface area contributed by atoms with E-state index in [9.17, 15) is 14.7 Å². The number of rotatable bonds is 8. The molecule has 4 heterocycles. The Morgan fingerprint density at radius 3 is 2.81 bits per heavy atom. The number of ether oxygens (including phenoxy) is 1. The van der Waals surface area contributed by atoms with Crippen LogP contribution in [-0.2, 0) is 11.3 Å². The summed E-state index contributed by atoms with van der Waals surface area (Å²) in [6, 6.07) is -0.253. The Balaban J connectivity index is 1.33. The Morgan fingerprint density at radius 2 is 2.17 bits per heavy atom. The van der Waals surface area contributed by atoms with Crippen LogP contribution < -0.4 is 10.2 Å². The van der Waals surface area contributed by atoms with Gasteiger partial charge in [-0.15, -0.1) is 0 Å². The molecule has 1 saturated carbocycles. The van der Waals surface area contributed by atoms with Gasteiger partial charge in [0.15, 0.2) is 11.0 Å². The number of aryl methyl sites for hydroxylation is 1. The van der Waals surface area contributed by atoms with Crippen LogP contribution in [0.2, 0.25) is 5.02 Å². The van der Waals surface area contributed by atoms with Crippen molar-refractivity contribution in [1.82, 2.24) is 30.0 Å². The van der Waals surface area contributed by atoms with Gasteiger partial charge >= 0.3 is 5.97 Å². The second-order valence-electron chi connectivity index (χ2n) is 9.03. The van der Waals surface area contributed by atoms with Crippen LogP contribution in [0.25, 0.3) is 11.5 Å². The van der Waals surface area contributed by atoms with E-state index in [0.717, 1.165) is 29.9 Å². The highest BCUT2D eigenvalue weighted by atomic mass is 79.9. The molecule has 2 aliphatic rings. The second-order valence-corrected chi connectivity index (χ2v) is 11.2. The predicted octanol–water partition coefficient (Wildman–Crippen LogP) is 3.59. The largest absolute Gasteiger partial charge is 0.477 e. The van der Waals surface area contributed by atoms with E-state index in [-0.39, 0.29) is 22.9 Å². The number of piperidine rings is 1. The van der Waals surface area contributed by atoms with Crippen molar-refractivity contribution in [3.63, 3.8) is 0 Å². The fourth-order valence-electron chi connectivity index (χ4n) is 4.33. The van der Waals surface area contributed by atoms with Crippen LogP contribution in [0.4, 0.5) is 5.13 Å². The number of thiazole rings is 1. The van der Waals surface area contributed by atoms with Gasteiger partial charge in [-0.05, 0) is 48.0 Å². The minimum absolute atomic E-state index is 0.127. The van der Waals surface area contributed by atoms with Crippen molar-refractivity contribution in [2.75, 3.05) is 25.1 Å². The summed E-state index contributed by atoms with van der Waals surface area (Å²) in [5.41, 5.74) is 1.39. The van der Waals surface area contributed by atoms with Gasteiger partial charge in [0.2, 0.25) is 0 Å². The zero-order chi connectivity index (χ0) is 25.6. The topological polar surface area (TPSA) is 138 Å². The highest BCUT2D eigenvalue weighted by molar-refractivity contribution is 9.10. The number of nitrogens with zero attached hydrogens (tertiary/aromatic N) is 5. The number of aromatic carboxylic acids is 1. The first kappa shape index (κ1) is 25.2. The van der Waals surface area contributed by atoms with Crippen molar-refractivity contribution in [2.45, 2.75) is 44.9 Å². The number of halogens is 2. The van der Waals surface area contributed by atoms with Crippen LogP contribution in [0.3, 0.4) is 0 Å². The van der Waals surface area contributed by atoms with Crippen molar-refractivity contribution >= 4 is 55.9 Å². The van der Waals surface area contributed by atoms with Crippen molar-refractivity contribution in [2.24, 2.45) is 5.92 Å². The summed E-state index contributed by atoms with van der Waals surface area (Å²) in [5, 5.41) is 18.1. The number of carbonyl (C=O) groups is 2. The van der Waals surface area contributed by atoms with Gasteiger partial charge in [0.05, 0.1) is 21.6 Å². The molecule has 192 valence electrons. The molecule has 1 aliphatic heterocycles. The maximum atomic E-state index is 12.9. The average molecular weight is 599 g/mol. The number of carboxylic acids is 1. The third kappa shape index (κ3) is 4.89. The summed E-state index contributed by atoms with van der Waals surface area (Å²) in [6.07, 6.45) is 3.97. The number of H-pyrrole nitrogens is 1. The molecule has 3 N–H and O–H groups in total. The van der Waals surface area contributed by atoms with Gasteiger partial charge in [-0.25, -0.2) is 19.4 Å². The Labute approximate surface area is 224 Å². The normalized spacial score (nSPS) is 20.1. The average Bonchev–Trinajstić information content (AvgIpc) is 3.26. The Morgan fingerprint density at radius 1 is 1.39 bits per heavy atom. The number of aromatic nitrogens is 5.